The molecule has 0 unspecified atom stereocenters. The average molecular weight is 589 g/mol. The van der Waals surface area contributed by atoms with Crippen molar-refractivity contribution in [2.75, 3.05) is 11.9 Å². The van der Waals surface area contributed by atoms with Crippen molar-refractivity contribution in [2.24, 2.45) is 5.92 Å². The minimum atomic E-state index is -2.78. The summed E-state index contributed by atoms with van der Waals surface area (Å²) in [6, 6.07) is 37.5. The van der Waals surface area contributed by atoms with Gasteiger partial charge in [0.2, 0.25) is 5.91 Å². The Labute approximate surface area is 254 Å². The molecule has 4 nitrogen and oxygen atoms in total. The number of nitrogens with one attached hydrogen (secondary N) is 1. The first kappa shape index (κ1) is 29.0. The zero-order chi connectivity index (χ0) is 30.1. The monoisotopic (exact) mass is 588 g/mol. The standard InChI is InChI=1S/C37H37FN2O2Si/c1-36(2,3)43(29-16-6-4-7-17-29,30-18-8-5-9-19-30)42-26-28-24-37(28,31-20-10-11-21-32(31)38)25-34(41)40-33-22-12-14-27-15-13-23-39-35(27)33/h4-23,28H,24-26H2,1-3H3,(H,40,41)/t28-,37-/m0/s1. The summed E-state index contributed by atoms with van der Waals surface area (Å²) in [5, 5.41) is 6.26. The molecule has 1 saturated carbocycles. The van der Waals surface area contributed by atoms with Crippen molar-refractivity contribution in [1.82, 2.24) is 4.98 Å². The second kappa shape index (κ2) is 11.5. The van der Waals surface area contributed by atoms with E-state index in [2.05, 4.69) is 79.6 Å². The van der Waals surface area contributed by atoms with Gasteiger partial charge in [0.15, 0.2) is 0 Å². The molecule has 5 aromatic rings. The summed E-state index contributed by atoms with van der Waals surface area (Å²) < 4.78 is 22.6. The maximum Gasteiger partial charge on any atom is 0.261 e. The van der Waals surface area contributed by atoms with Crippen molar-refractivity contribution in [3.63, 3.8) is 0 Å². The number of rotatable bonds is 9. The SMILES string of the molecule is CC(C)(C)[Si](OC[C@@H]1C[C@@]1(CC(=O)Nc1cccc2cccnc12)c1ccccc1F)(c1ccccc1)c1ccccc1. The molecular weight excluding hydrogens is 552 g/mol. The van der Waals surface area contributed by atoms with Crippen LogP contribution in [0.25, 0.3) is 10.9 Å². The molecule has 6 heteroatoms. The molecule has 6 rings (SSSR count). The van der Waals surface area contributed by atoms with Crippen LogP contribution in [-0.4, -0.2) is 25.8 Å². The van der Waals surface area contributed by atoms with Crippen LogP contribution in [0, 0.1) is 11.7 Å². The number of amides is 1. The van der Waals surface area contributed by atoms with Crippen molar-refractivity contribution in [3.05, 3.63) is 133 Å². The third kappa shape index (κ3) is 5.41. The van der Waals surface area contributed by atoms with Crippen LogP contribution in [-0.2, 0) is 14.6 Å². The fourth-order valence-electron chi connectivity index (χ4n) is 6.78. The third-order valence-corrected chi connectivity index (χ3v) is 13.9. The van der Waals surface area contributed by atoms with Gasteiger partial charge in [-0.3, -0.25) is 9.78 Å². The molecule has 0 radical (unpaired) electrons. The number of carbonyl (C=O) groups is 1. The number of hydrogen-bond donors (Lipinski definition) is 1. The van der Waals surface area contributed by atoms with Crippen LogP contribution >= 0.6 is 0 Å². The fraction of sp³-hybridized carbons (Fsp3) is 0.243. The summed E-state index contributed by atoms with van der Waals surface area (Å²) >= 11 is 0. The van der Waals surface area contributed by atoms with Gasteiger partial charge in [-0.1, -0.05) is 118 Å². The number of pyridine rings is 1. The van der Waals surface area contributed by atoms with E-state index in [1.165, 1.54) is 16.4 Å². The Kier molecular flexibility index (Phi) is 7.75. The van der Waals surface area contributed by atoms with Gasteiger partial charge in [-0.2, -0.15) is 0 Å². The topological polar surface area (TPSA) is 51.2 Å². The number of fused-ring (bicyclic) bond motifs is 1. The maximum absolute atomic E-state index is 15.4. The van der Waals surface area contributed by atoms with E-state index >= 15 is 4.39 Å². The Morgan fingerprint density at radius 1 is 0.884 bits per heavy atom. The van der Waals surface area contributed by atoms with E-state index in [1.807, 2.05) is 54.6 Å². The maximum atomic E-state index is 15.4. The first-order valence-corrected chi connectivity index (χ1v) is 16.8. The minimum absolute atomic E-state index is 0.0116. The zero-order valence-electron chi connectivity index (χ0n) is 24.9. The quantitative estimate of drug-likeness (QED) is 0.185. The van der Waals surface area contributed by atoms with E-state index in [0.717, 1.165) is 10.9 Å². The van der Waals surface area contributed by atoms with Crippen molar-refractivity contribution >= 4 is 41.2 Å². The number of hydrogen-bond acceptors (Lipinski definition) is 3. The normalized spacial score (nSPS) is 18.4. The zero-order valence-corrected chi connectivity index (χ0v) is 25.9. The third-order valence-electron chi connectivity index (χ3n) is 8.94. The smallest absolute Gasteiger partial charge is 0.261 e. The first-order chi connectivity index (χ1) is 20.7. The number of benzene rings is 4. The van der Waals surface area contributed by atoms with Crippen LogP contribution in [0.3, 0.4) is 0 Å². The number of carbonyl (C=O) groups excluding carboxylic acids is 1. The highest BCUT2D eigenvalue weighted by Gasteiger charge is 2.59. The number of aromatic nitrogens is 1. The Morgan fingerprint density at radius 3 is 2.16 bits per heavy atom. The fourth-order valence-corrected chi connectivity index (χ4v) is 11.4. The van der Waals surface area contributed by atoms with Crippen LogP contribution in [0.2, 0.25) is 5.04 Å². The summed E-state index contributed by atoms with van der Waals surface area (Å²) in [5.41, 5.74) is 1.32. The molecule has 0 bridgehead atoms. The molecule has 1 N–H and O–H groups in total. The molecule has 1 heterocycles. The van der Waals surface area contributed by atoms with Crippen LogP contribution in [0.1, 0.15) is 39.2 Å². The summed E-state index contributed by atoms with van der Waals surface area (Å²) in [7, 11) is -2.78. The van der Waals surface area contributed by atoms with Crippen molar-refractivity contribution in [1.29, 1.82) is 0 Å². The lowest BCUT2D eigenvalue weighted by molar-refractivity contribution is -0.116. The van der Waals surface area contributed by atoms with E-state index in [9.17, 15) is 4.79 Å². The molecule has 218 valence electrons. The number of nitrogens with zero attached hydrogens (tertiary/aromatic N) is 1. The van der Waals surface area contributed by atoms with Crippen molar-refractivity contribution in [2.45, 2.75) is 44.1 Å². The van der Waals surface area contributed by atoms with E-state index in [0.29, 0.717) is 24.3 Å². The Balaban J connectivity index is 1.32. The summed E-state index contributed by atoms with van der Waals surface area (Å²) in [5.74, 6) is -0.452. The molecule has 2 atom stereocenters. The predicted molar refractivity (Wildman–Crippen MR) is 175 cm³/mol. The van der Waals surface area contributed by atoms with Crippen molar-refractivity contribution < 1.29 is 13.6 Å². The van der Waals surface area contributed by atoms with Crippen LogP contribution < -0.4 is 15.7 Å². The van der Waals surface area contributed by atoms with Gasteiger partial charge < -0.3 is 9.74 Å². The Hall–Kier alpha value is -4.13. The van der Waals surface area contributed by atoms with Crippen molar-refractivity contribution in [3.8, 4) is 0 Å². The van der Waals surface area contributed by atoms with E-state index in [4.69, 9.17) is 4.43 Å². The van der Waals surface area contributed by atoms with Gasteiger partial charge in [-0.05, 0) is 51.5 Å². The highest BCUT2D eigenvalue weighted by Crippen LogP contribution is 2.58. The highest BCUT2D eigenvalue weighted by atomic mass is 28.4. The number of anilines is 1. The Morgan fingerprint density at radius 2 is 1.51 bits per heavy atom. The largest absolute Gasteiger partial charge is 0.407 e. The molecule has 1 amide bonds. The summed E-state index contributed by atoms with van der Waals surface area (Å²) in [4.78, 5) is 18.1. The highest BCUT2D eigenvalue weighted by molar-refractivity contribution is 6.99. The molecular formula is C37H37FN2O2Si. The second-order valence-electron chi connectivity index (χ2n) is 12.6. The van der Waals surface area contributed by atoms with Gasteiger partial charge in [-0.15, -0.1) is 0 Å². The van der Waals surface area contributed by atoms with Gasteiger partial charge in [0, 0.05) is 30.0 Å². The molecule has 0 spiro atoms. The van der Waals surface area contributed by atoms with Gasteiger partial charge >= 0.3 is 0 Å². The molecule has 4 aromatic carbocycles. The van der Waals surface area contributed by atoms with E-state index in [-0.39, 0.29) is 29.1 Å². The van der Waals surface area contributed by atoms with Crippen LogP contribution in [0.4, 0.5) is 10.1 Å². The Bertz CT molecular complexity index is 1690. The molecule has 0 saturated heterocycles. The molecule has 0 aliphatic heterocycles. The lowest BCUT2D eigenvalue weighted by Crippen LogP contribution is -2.66. The van der Waals surface area contributed by atoms with Gasteiger partial charge in [-0.25, -0.2) is 4.39 Å². The molecule has 1 aromatic heterocycles. The van der Waals surface area contributed by atoms with E-state index < -0.39 is 13.7 Å². The predicted octanol–water partition coefficient (Wildman–Crippen LogP) is 7.24. The summed E-state index contributed by atoms with van der Waals surface area (Å²) in [6.07, 6.45) is 2.55. The molecule has 1 aliphatic rings. The number of halogens is 1. The lowest BCUT2D eigenvalue weighted by atomic mass is 9.89. The lowest BCUT2D eigenvalue weighted by Gasteiger charge is -2.43. The average Bonchev–Trinajstić information content (AvgIpc) is 3.71. The molecule has 1 fully saturated rings. The van der Waals surface area contributed by atoms with Gasteiger partial charge in [0.25, 0.3) is 8.32 Å². The molecule has 1 aliphatic carbocycles. The number of para-hydroxylation sites is 1. The first-order valence-electron chi connectivity index (χ1n) is 14.9. The van der Waals surface area contributed by atoms with Gasteiger partial charge in [0.1, 0.15) is 5.82 Å². The second-order valence-corrected chi connectivity index (χ2v) is 16.9. The van der Waals surface area contributed by atoms with Crippen LogP contribution in [0.5, 0.6) is 0 Å². The molecule has 43 heavy (non-hydrogen) atoms. The minimum Gasteiger partial charge on any atom is -0.407 e. The summed E-state index contributed by atoms with van der Waals surface area (Å²) in [6.45, 7) is 7.19. The van der Waals surface area contributed by atoms with E-state index in [1.54, 1.807) is 12.3 Å². The van der Waals surface area contributed by atoms with Gasteiger partial charge in [0.05, 0.1) is 11.2 Å². The van der Waals surface area contributed by atoms with Crippen LogP contribution in [0.15, 0.2) is 121 Å².